The maximum atomic E-state index is 13.3. The average Bonchev–Trinajstić information content (AvgIpc) is 2.81. The van der Waals surface area contributed by atoms with Gasteiger partial charge in [-0.05, 0) is 42.3 Å². The summed E-state index contributed by atoms with van der Waals surface area (Å²) in [5, 5.41) is 0.584. The molecule has 2 aromatic rings. The van der Waals surface area contributed by atoms with E-state index < -0.39 is 0 Å². The van der Waals surface area contributed by atoms with E-state index in [1.54, 1.807) is 6.07 Å². The minimum absolute atomic E-state index is 0.150. The van der Waals surface area contributed by atoms with Gasteiger partial charge in [0.05, 0.1) is 0 Å². The molecule has 0 spiro atoms. The second-order valence-electron chi connectivity index (χ2n) is 4.74. The molecule has 0 radical (unpaired) electrons. The fourth-order valence-electron chi connectivity index (χ4n) is 2.05. The maximum Gasteiger partial charge on any atom is 0.123 e. The zero-order chi connectivity index (χ0) is 13.8. The second kappa shape index (κ2) is 6.22. The van der Waals surface area contributed by atoms with Gasteiger partial charge in [-0.25, -0.2) is 4.39 Å². The smallest absolute Gasteiger partial charge is 0.123 e. The minimum Gasteiger partial charge on any atom is -0.347 e. The molecule has 0 aliphatic rings. The van der Waals surface area contributed by atoms with Crippen LogP contribution in [0.4, 0.5) is 4.39 Å². The van der Waals surface area contributed by atoms with Crippen molar-refractivity contribution in [3.05, 3.63) is 58.6 Å². The highest BCUT2D eigenvalue weighted by atomic mass is 35.5. The largest absolute Gasteiger partial charge is 0.347 e. The Bertz CT molecular complexity index is 551. The first-order valence-corrected chi connectivity index (χ1v) is 6.81. The molecular formula is C15H18ClFN2. The predicted molar refractivity (Wildman–Crippen MR) is 76.9 cm³/mol. The van der Waals surface area contributed by atoms with Crippen LogP contribution >= 0.6 is 11.6 Å². The highest BCUT2D eigenvalue weighted by molar-refractivity contribution is 6.31. The van der Waals surface area contributed by atoms with Crippen LogP contribution in [0, 0.1) is 5.82 Å². The van der Waals surface area contributed by atoms with E-state index in [1.165, 1.54) is 12.1 Å². The Labute approximate surface area is 118 Å². The summed E-state index contributed by atoms with van der Waals surface area (Å²) in [5.41, 5.74) is 7.91. The third kappa shape index (κ3) is 3.58. The monoisotopic (exact) mass is 280 g/mol. The maximum absolute atomic E-state index is 13.3. The molecule has 4 heteroatoms. The summed E-state index contributed by atoms with van der Waals surface area (Å²) in [6.07, 6.45) is 3.72. The highest BCUT2D eigenvalue weighted by Crippen LogP contribution is 2.19. The van der Waals surface area contributed by atoms with Gasteiger partial charge >= 0.3 is 0 Å². The van der Waals surface area contributed by atoms with E-state index in [0.29, 0.717) is 11.6 Å². The van der Waals surface area contributed by atoms with Crippen LogP contribution < -0.4 is 5.73 Å². The fourth-order valence-corrected chi connectivity index (χ4v) is 2.23. The number of hydrogen-bond donors (Lipinski definition) is 1. The molecule has 0 bridgehead atoms. The van der Waals surface area contributed by atoms with Crippen molar-refractivity contribution in [3.63, 3.8) is 0 Å². The van der Waals surface area contributed by atoms with Crippen molar-refractivity contribution >= 4 is 11.6 Å². The van der Waals surface area contributed by atoms with Crippen molar-refractivity contribution in [3.8, 4) is 0 Å². The van der Waals surface area contributed by atoms with Crippen molar-refractivity contribution < 1.29 is 4.39 Å². The Kier molecular flexibility index (Phi) is 4.61. The lowest BCUT2D eigenvalue weighted by molar-refractivity contribution is 0.605. The molecule has 2 rings (SSSR count). The Morgan fingerprint density at radius 1 is 1.37 bits per heavy atom. The number of aromatic nitrogens is 1. The molecule has 1 unspecified atom stereocenters. The van der Waals surface area contributed by atoms with Crippen molar-refractivity contribution in [1.29, 1.82) is 0 Å². The van der Waals surface area contributed by atoms with Crippen LogP contribution in [0.3, 0.4) is 0 Å². The molecule has 2 nitrogen and oxygen atoms in total. The van der Waals surface area contributed by atoms with Gasteiger partial charge in [-0.15, -0.1) is 0 Å². The Morgan fingerprint density at radius 2 is 2.16 bits per heavy atom. The standard InChI is InChI=1S/C15H18ClFN2/c1-2-13(18)9-14-4-3-7-19(14)10-11-8-12(17)5-6-15(11)16/h3-8,13H,2,9-10,18H2,1H3. The molecule has 1 heterocycles. The van der Waals surface area contributed by atoms with Gasteiger partial charge in [0.25, 0.3) is 0 Å². The summed E-state index contributed by atoms with van der Waals surface area (Å²) in [4.78, 5) is 0. The number of rotatable bonds is 5. The van der Waals surface area contributed by atoms with E-state index in [1.807, 2.05) is 18.3 Å². The van der Waals surface area contributed by atoms with E-state index in [-0.39, 0.29) is 11.9 Å². The number of halogens is 2. The van der Waals surface area contributed by atoms with Crippen LogP contribution in [-0.4, -0.2) is 10.6 Å². The Balaban J connectivity index is 2.19. The summed E-state index contributed by atoms with van der Waals surface area (Å²) in [7, 11) is 0. The highest BCUT2D eigenvalue weighted by Gasteiger charge is 2.08. The fraction of sp³-hybridized carbons (Fsp3) is 0.333. The number of nitrogens with zero attached hydrogens (tertiary/aromatic N) is 1. The van der Waals surface area contributed by atoms with Gasteiger partial charge in [-0.3, -0.25) is 0 Å². The number of benzene rings is 1. The van der Waals surface area contributed by atoms with E-state index >= 15 is 0 Å². The average molecular weight is 281 g/mol. The lowest BCUT2D eigenvalue weighted by Crippen LogP contribution is -2.23. The lowest BCUT2D eigenvalue weighted by Gasteiger charge is -2.13. The second-order valence-corrected chi connectivity index (χ2v) is 5.14. The van der Waals surface area contributed by atoms with Crippen LogP contribution in [0.15, 0.2) is 36.5 Å². The molecule has 2 N–H and O–H groups in total. The van der Waals surface area contributed by atoms with Crippen molar-refractivity contribution in [2.45, 2.75) is 32.4 Å². The van der Waals surface area contributed by atoms with E-state index in [2.05, 4.69) is 11.5 Å². The topological polar surface area (TPSA) is 30.9 Å². The molecule has 1 aromatic carbocycles. The number of nitrogens with two attached hydrogens (primary N) is 1. The Morgan fingerprint density at radius 3 is 2.89 bits per heavy atom. The summed E-state index contributed by atoms with van der Waals surface area (Å²) < 4.78 is 15.3. The molecule has 0 aliphatic heterocycles. The summed E-state index contributed by atoms with van der Waals surface area (Å²) in [6.45, 7) is 2.64. The third-order valence-electron chi connectivity index (χ3n) is 3.27. The molecule has 1 aromatic heterocycles. The number of hydrogen-bond acceptors (Lipinski definition) is 1. The summed E-state index contributed by atoms with van der Waals surface area (Å²) in [5.74, 6) is -0.265. The Hall–Kier alpha value is -1.32. The van der Waals surface area contributed by atoms with E-state index in [0.717, 1.165) is 24.1 Å². The first kappa shape index (κ1) is 14.1. The van der Waals surface area contributed by atoms with Gasteiger partial charge in [-0.1, -0.05) is 18.5 Å². The molecule has 1 atom stereocenters. The zero-order valence-corrected chi connectivity index (χ0v) is 11.7. The van der Waals surface area contributed by atoms with Crippen molar-refractivity contribution in [2.75, 3.05) is 0 Å². The van der Waals surface area contributed by atoms with E-state index in [9.17, 15) is 4.39 Å². The molecule has 0 amide bonds. The van der Waals surface area contributed by atoms with Gasteiger partial charge in [0.2, 0.25) is 0 Å². The minimum atomic E-state index is -0.265. The SMILES string of the molecule is CCC(N)Cc1cccn1Cc1cc(F)ccc1Cl. The first-order valence-electron chi connectivity index (χ1n) is 6.43. The van der Waals surface area contributed by atoms with Gasteiger partial charge < -0.3 is 10.3 Å². The summed E-state index contributed by atoms with van der Waals surface area (Å²) in [6, 6.07) is 8.61. The van der Waals surface area contributed by atoms with Crippen LogP contribution in [-0.2, 0) is 13.0 Å². The summed E-state index contributed by atoms with van der Waals surface area (Å²) >= 11 is 6.09. The van der Waals surface area contributed by atoms with Crippen LogP contribution in [0.1, 0.15) is 24.6 Å². The molecule has 19 heavy (non-hydrogen) atoms. The molecule has 0 saturated carbocycles. The van der Waals surface area contributed by atoms with Crippen molar-refractivity contribution in [1.82, 2.24) is 4.57 Å². The van der Waals surface area contributed by atoms with E-state index in [4.69, 9.17) is 17.3 Å². The van der Waals surface area contributed by atoms with Crippen molar-refractivity contribution in [2.24, 2.45) is 5.73 Å². The van der Waals surface area contributed by atoms with Gasteiger partial charge in [0, 0.05) is 35.9 Å². The van der Waals surface area contributed by atoms with Crippen LogP contribution in [0.25, 0.3) is 0 Å². The normalized spacial score (nSPS) is 12.6. The molecule has 0 fully saturated rings. The van der Waals surface area contributed by atoms with Gasteiger partial charge in [0.1, 0.15) is 5.82 Å². The lowest BCUT2D eigenvalue weighted by atomic mass is 10.1. The zero-order valence-electron chi connectivity index (χ0n) is 10.9. The van der Waals surface area contributed by atoms with Gasteiger partial charge in [-0.2, -0.15) is 0 Å². The first-order chi connectivity index (χ1) is 9.10. The predicted octanol–water partition coefficient (Wildman–Crippen LogP) is 3.61. The quantitative estimate of drug-likeness (QED) is 0.891. The van der Waals surface area contributed by atoms with Gasteiger partial charge in [0.15, 0.2) is 0 Å². The third-order valence-corrected chi connectivity index (χ3v) is 3.64. The van der Waals surface area contributed by atoms with Crippen LogP contribution in [0.5, 0.6) is 0 Å². The molecule has 0 aliphatic carbocycles. The molecule has 0 saturated heterocycles. The molecule has 102 valence electrons. The molecular weight excluding hydrogens is 263 g/mol. The van der Waals surface area contributed by atoms with Crippen LogP contribution in [0.2, 0.25) is 5.02 Å².